The second-order valence-corrected chi connectivity index (χ2v) is 11.3. The van der Waals surface area contributed by atoms with Crippen LogP contribution in [0.15, 0.2) is 71.7 Å². The van der Waals surface area contributed by atoms with E-state index in [0.29, 0.717) is 17.2 Å². The molecule has 6 N–H and O–H groups in total. The lowest BCUT2D eigenvalue weighted by atomic mass is 9.87. The molecule has 1 fully saturated rings. The highest BCUT2D eigenvalue weighted by Gasteiger charge is 2.43. The van der Waals surface area contributed by atoms with Crippen molar-refractivity contribution >= 4 is 23.8 Å². The number of benzene rings is 3. The summed E-state index contributed by atoms with van der Waals surface area (Å²) in [7, 11) is 4.82. The van der Waals surface area contributed by atoms with Gasteiger partial charge in [0.05, 0.1) is 26.1 Å². The molecule has 5 rings (SSSR count). The number of guanidine groups is 1. The van der Waals surface area contributed by atoms with Crippen LogP contribution >= 0.6 is 0 Å². The molecular formula is C33H39N7O5. The van der Waals surface area contributed by atoms with E-state index >= 15 is 0 Å². The van der Waals surface area contributed by atoms with Gasteiger partial charge in [-0.3, -0.25) is 9.59 Å². The van der Waals surface area contributed by atoms with Crippen LogP contribution in [0, 0.1) is 5.92 Å². The summed E-state index contributed by atoms with van der Waals surface area (Å²) in [5, 5.41) is 5.73. The van der Waals surface area contributed by atoms with Gasteiger partial charge in [0, 0.05) is 56.7 Å². The number of ether oxygens (including phenoxy) is 2. The summed E-state index contributed by atoms with van der Waals surface area (Å²) in [6.07, 6.45) is 0.202. The van der Waals surface area contributed by atoms with Gasteiger partial charge in [0.15, 0.2) is 5.96 Å². The number of hydrogen-bond acceptors (Lipinski definition) is 6. The maximum atomic E-state index is 14.3. The molecule has 12 nitrogen and oxygen atoms in total. The molecule has 3 aromatic carbocycles. The molecule has 2 bridgehead atoms. The first-order valence-electron chi connectivity index (χ1n) is 14.8. The zero-order chi connectivity index (χ0) is 32.1. The molecule has 0 radical (unpaired) electrons. The molecule has 2 heterocycles. The van der Waals surface area contributed by atoms with Gasteiger partial charge in [0.1, 0.15) is 23.3 Å². The van der Waals surface area contributed by atoms with E-state index in [4.69, 9.17) is 20.9 Å². The van der Waals surface area contributed by atoms with Crippen molar-refractivity contribution in [1.82, 2.24) is 20.4 Å². The Balaban J connectivity index is 1.60. The molecule has 0 aromatic heterocycles. The van der Waals surface area contributed by atoms with Crippen molar-refractivity contribution in [3.8, 4) is 17.2 Å². The minimum Gasteiger partial charge on any atom is -0.497 e. The van der Waals surface area contributed by atoms with Crippen molar-refractivity contribution in [2.24, 2.45) is 22.4 Å². The van der Waals surface area contributed by atoms with Gasteiger partial charge in [0.25, 0.3) is 0 Å². The number of para-hydroxylation sites is 1. The maximum absolute atomic E-state index is 14.3. The Hall–Kier alpha value is -5.26. The molecule has 236 valence electrons. The first kappa shape index (κ1) is 31.2. The molecule has 2 aliphatic rings. The molecule has 0 aliphatic carbocycles. The minimum atomic E-state index is -0.922. The Kier molecular flexibility index (Phi) is 9.41. The van der Waals surface area contributed by atoms with Gasteiger partial charge in [-0.1, -0.05) is 48.5 Å². The molecular weight excluding hydrogens is 574 g/mol. The zero-order valence-electron chi connectivity index (χ0n) is 25.7. The van der Waals surface area contributed by atoms with Gasteiger partial charge in [-0.2, -0.15) is 0 Å². The highest BCUT2D eigenvalue weighted by Crippen LogP contribution is 2.42. The van der Waals surface area contributed by atoms with E-state index < -0.39 is 18.0 Å². The lowest BCUT2D eigenvalue weighted by Crippen LogP contribution is -2.52. The van der Waals surface area contributed by atoms with E-state index in [-0.39, 0.29) is 56.3 Å². The maximum Gasteiger partial charge on any atom is 0.318 e. The van der Waals surface area contributed by atoms with Crippen molar-refractivity contribution in [3.05, 3.63) is 89.0 Å². The lowest BCUT2D eigenvalue weighted by Gasteiger charge is -2.28. The number of carbonyl (C=O) groups is 3. The third-order valence-corrected chi connectivity index (χ3v) is 8.35. The Labute approximate surface area is 262 Å². The summed E-state index contributed by atoms with van der Waals surface area (Å²) in [5.74, 6) is 0.218. The fraction of sp³-hybridized carbons (Fsp3) is 0.333. The van der Waals surface area contributed by atoms with E-state index in [9.17, 15) is 14.4 Å². The molecule has 3 aromatic rings. The molecule has 1 saturated heterocycles. The summed E-state index contributed by atoms with van der Waals surface area (Å²) in [4.78, 5) is 48.5. The number of rotatable bonds is 6. The fourth-order valence-electron chi connectivity index (χ4n) is 5.95. The quantitative estimate of drug-likeness (QED) is 0.245. The van der Waals surface area contributed by atoms with Crippen LogP contribution in [-0.4, -0.2) is 73.9 Å². The first-order chi connectivity index (χ1) is 21.7. The number of nitrogens with one attached hydrogen (secondary N) is 2. The van der Waals surface area contributed by atoms with E-state index in [2.05, 4.69) is 15.6 Å². The topological polar surface area (TPSA) is 165 Å². The monoisotopic (exact) mass is 613 g/mol. The molecule has 2 aliphatic heterocycles. The molecule has 0 unspecified atom stereocenters. The SMILES string of the molecule is CNC(=O)[C@@H]1CN2C[C@H]1c1ccc(OC)cc1Oc1ccccc1CN(C)C(=O)N[C@@H](Cc1ccccc1CN=C(N)N)C2=O. The number of methoxy groups -OCH3 is 1. The van der Waals surface area contributed by atoms with E-state index in [1.807, 2.05) is 60.7 Å². The second kappa shape index (κ2) is 13.6. The standard InChI is InChI=1S/C33H39N7O5/c1-36-30(41)26-19-40-18-25(26)24-13-12-23(44-3)15-29(24)45-28-11-7-6-10-22(28)17-39(2)33(43)38-27(31(40)42)14-20-8-4-5-9-21(20)16-37-32(34)35/h4-13,15,25-27H,14,16-19H2,1-3H3,(H,36,41)(H,38,43)(H4,34,35,37)/t25-,26+,27-/m0/s1. The summed E-state index contributed by atoms with van der Waals surface area (Å²) >= 11 is 0. The minimum absolute atomic E-state index is 0.0423. The van der Waals surface area contributed by atoms with E-state index in [1.54, 1.807) is 32.2 Å². The predicted molar refractivity (Wildman–Crippen MR) is 170 cm³/mol. The summed E-state index contributed by atoms with van der Waals surface area (Å²) < 4.78 is 12.0. The van der Waals surface area contributed by atoms with Crippen LogP contribution in [0.5, 0.6) is 17.2 Å². The fourth-order valence-corrected chi connectivity index (χ4v) is 5.95. The second-order valence-electron chi connectivity index (χ2n) is 11.3. The Bertz CT molecular complexity index is 1610. The van der Waals surface area contributed by atoms with Gasteiger partial charge in [-0.15, -0.1) is 0 Å². The third-order valence-electron chi connectivity index (χ3n) is 8.35. The van der Waals surface area contributed by atoms with Crippen molar-refractivity contribution in [1.29, 1.82) is 0 Å². The number of nitrogens with zero attached hydrogens (tertiary/aromatic N) is 3. The van der Waals surface area contributed by atoms with Crippen LogP contribution < -0.4 is 31.6 Å². The zero-order valence-corrected chi connectivity index (χ0v) is 25.7. The largest absolute Gasteiger partial charge is 0.497 e. The number of hydrogen-bond donors (Lipinski definition) is 4. The van der Waals surface area contributed by atoms with Gasteiger partial charge >= 0.3 is 6.03 Å². The van der Waals surface area contributed by atoms with Crippen LogP contribution in [0.1, 0.15) is 28.2 Å². The molecule has 3 atom stereocenters. The molecule has 0 saturated carbocycles. The van der Waals surface area contributed by atoms with Gasteiger partial charge < -0.3 is 41.4 Å². The number of aliphatic imine (C=N–C) groups is 1. The predicted octanol–water partition coefficient (Wildman–Crippen LogP) is 2.32. The Morgan fingerprint density at radius 1 is 1.04 bits per heavy atom. The number of amides is 4. The van der Waals surface area contributed by atoms with Crippen molar-refractivity contribution < 1.29 is 23.9 Å². The Morgan fingerprint density at radius 2 is 1.78 bits per heavy atom. The number of fused-ring (bicyclic) bond motifs is 5. The van der Waals surface area contributed by atoms with Crippen LogP contribution in [-0.2, 0) is 29.1 Å². The van der Waals surface area contributed by atoms with Gasteiger partial charge in [0.2, 0.25) is 11.8 Å². The van der Waals surface area contributed by atoms with Crippen LogP contribution in [0.2, 0.25) is 0 Å². The van der Waals surface area contributed by atoms with Gasteiger partial charge in [-0.25, -0.2) is 9.79 Å². The van der Waals surface area contributed by atoms with E-state index in [0.717, 1.165) is 22.3 Å². The summed E-state index contributed by atoms with van der Waals surface area (Å²) in [6, 6.07) is 19.1. The highest BCUT2D eigenvalue weighted by molar-refractivity contribution is 5.89. The summed E-state index contributed by atoms with van der Waals surface area (Å²) in [6.45, 7) is 0.869. The van der Waals surface area contributed by atoms with E-state index in [1.165, 1.54) is 4.90 Å². The first-order valence-corrected chi connectivity index (χ1v) is 14.8. The summed E-state index contributed by atoms with van der Waals surface area (Å²) in [5.41, 5.74) is 14.4. The molecule has 4 amide bonds. The molecule has 12 heteroatoms. The van der Waals surface area contributed by atoms with Crippen molar-refractivity contribution in [2.75, 3.05) is 34.3 Å². The number of carbonyl (C=O) groups excluding carboxylic acids is 3. The smallest absolute Gasteiger partial charge is 0.318 e. The van der Waals surface area contributed by atoms with Crippen LogP contribution in [0.3, 0.4) is 0 Å². The molecule has 0 spiro atoms. The highest BCUT2D eigenvalue weighted by atomic mass is 16.5. The molecule has 45 heavy (non-hydrogen) atoms. The van der Waals surface area contributed by atoms with Crippen molar-refractivity contribution in [3.63, 3.8) is 0 Å². The number of urea groups is 1. The van der Waals surface area contributed by atoms with Crippen molar-refractivity contribution in [2.45, 2.75) is 31.5 Å². The normalized spacial score (nSPS) is 19.8. The van der Waals surface area contributed by atoms with Gasteiger partial charge in [-0.05, 0) is 23.3 Å². The third kappa shape index (κ3) is 6.95. The Morgan fingerprint density at radius 3 is 2.51 bits per heavy atom. The lowest BCUT2D eigenvalue weighted by molar-refractivity contribution is -0.132. The van der Waals surface area contributed by atoms with Crippen LogP contribution in [0.25, 0.3) is 0 Å². The average Bonchev–Trinajstić information content (AvgIpc) is 3.49. The number of nitrogens with two attached hydrogens (primary N) is 2. The van der Waals surface area contributed by atoms with Crippen LogP contribution in [0.4, 0.5) is 4.79 Å². The average molecular weight is 614 g/mol.